The van der Waals surface area contributed by atoms with Gasteiger partial charge in [0, 0.05) is 42.4 Å². The van der Waals surface area contributed by atoms with Crippen LogP contribution in [0.5, 0.6) is 5.75 Å². The highest BCUT2D eigenvalue weighted by Gasteiger charge is 2.23. The molecule has 0 radical (unpaired) electrons. The van der Waals surface area contributed by atoms with E-state index in [0.29, 0.717) is 59.3 Å². The number of amides is 2. The summed E-state index contributed by atoms with van der Waals surface area (Å²) in [6, 6.07) is 7.53. The SMILES string of the molecule is COC(=O)CN(CCCNC(=O)C=CC(=O)Nc1cc2c(Nc3ccc(F)c(Cl)c3)ncnc2cc1OCC1CC1)CC(=O)OC. The van der Waals surface area contributed by atoms with E-state index >= 15 is 0 Å². The quantitative estimate of drug-likeness (QED) is 0.117. The lowest BCUT2D eigenvalue weighted by Crippen LogP contribution is -2.37. The summed E-state index contributed by atoms with van der Waals surface area (Å²) < 4.78 is 29.0. The molecule has 46 heavy (non-hydrogen) atoms. The van der Waals surface area contributed by atoms with Crippen LogP contribution in [0, 0.1) is 11.7 Å². The molecule has 0 aliphatic heterocycles. The summed E-state index contributed by atoms with van der Waals surface area (Å²) >= 11 is 5.93. The number of hydrogen-bond donors (Lipinski definition) is 3. The Morgan fingerprint density at radius 1 is 1.02 bits per heavy atom. The topological polar surface area (TPSA) is 161 Å². The van der Waals surface area contributed by atoms with E-state index in [1.807, 2.05) is 0 Å². The summed E-state index contributed by atoms with van der Waals surface area (Å²) in [4.78, 5) is 58.6. The van der Waals surface area contributed by atoms with E-state index in [4.69, 9.17) is 16.3 Å². The Kier molecular flexibility index (Phi) is 12.2. The van der Waals surface area contributed by atoms with Gasteiger partial charge in [0.25, 0.3) is 0 Å². The zero-order valence-electron chi connectivity index (χ0n) is 25.3. The fourth-order valence-corrected chi connectivity index (χ4v) is 4.39. The second kappa shape index (κ2) is 16.5. The van der Waals surface area contributed by atoms with Gasteiger partial charge in [-0.3, -0.25) is 24.1 Å². The molecule has 1 aliphatic carbocycles. The van der Waals surface area contributed by atoms with Crippen LogP contribution in [0.2, 0.25) is 5.02 Å². The highest BCUT2D eigenvalue weighted by Crippen LogP contribution is 2.36. The highest BCUT2D eigenvalue weighted by molar-refractivity contribution is 6.31. The molecule has 3 aromatic rings. The number of hydrogen-bond acceptors (Lipinski definition) is 11. The molecule has 4 rings (SSSR count). The van der Waals surface area contributed by atoms with Crippen LogP contribution < -0.4 is 20.7 Å². The van der Waals surface area contributed by atoms with Crippen molar-refractivity contribution >= 4 is 63.4 Å². The van der Waals surface area contributed by atoms with Crippen LogP contribution in [0.15, 0.2) is 48.8 Å². The fourth-order valence-electron chi connectivity index (χ4n) is 4.21. The van der Waals surface area contributed by atoms with Crippen LogP contribution in [0.3, 0.4) is 0 Å². The standard InChI is InChI=1S/C31H34ClFN6O7/c1-44-29(42)15-39(16-30(43)45-2)11-3-10-34-27(40)8-9-28(41)38-25-13-21-24(14-26(25)46-17-19-4-5-19)35-18-36-31(21)37-20-6-7-23(33)22(32)12-20/h6-9,12-14,18-19H,3-5,10-11,15-17H2,1-2H3,(H,34,40)(H,38,41)(H,35,36,37). The Morgan fingerprint density at radius 3 is 2.41 bits per heavy atom. The summed E-state index contributed by atoms with van der Waals surface area (Å²) in [7, 11) is 2.50. The van der Waals surface area contributed by atoms with Crippen molar-refractivity contribution in [3.8, 4) is 5.75 Å². The Morgan fingerprint density at radius 2 is 1.74 bits per heavy atom. The van der Waals surface area contributed by atoms with E-state index in [1.54, 1.807) is 17.0 Å². The van der Waals surface area contributed by atoms with Crippen molar-refractivity contribution in [2.45, 2.75) is 19.3 Å². The number of methoxy groups -OCH3 is 2. The number of halogens is 2. The molecule has 13 nitrogen and oxygen atoms in total. The van der Waals surface area contributed by atoms with Crippen LogP contribution in [0.25, 0.3) is 10.9 Å². The van der Waals surface area contributed by atoms with E-state index in [1.165, 1.54) is 38.7 Å². The maximum absolute atomic E-state index is 13.7. The molecule has 0 saturated heterocycles. The number of carbonyl (C=O) groups is 4. The first-order valence-corrected chi connectivity index (χ1v) is 14.8. The molecule has 2 aromatic carbocycles. The lowest BCUT2D eigenvalue weighted by atomic mass is 10.1. The monoisotopic (exact) mass is 656 g/mol. The van der Waals surface area contributed by atoms with E-state index in [9.17, 15) is 23.6 Å². The number of nitrogens with one attached hydrogen (secondary N) is 3. The van der Waals surface area contributed by atoms with Crippen molar-refractivity contribution in [1.29, 1.82) is 0 Å². The first kappa shape index (κ1) is 34.1. The summed E-state index contributed by atoms with van der Waals surface area (Å²) in [5.74, 6) is -1.41. The van der Waals surface area contributed by atoms with E-state index < -0.39 is 29.6 Å². The van der Waals surface area contributed by atoms with Crippen molar-refractivity contribution in [2.75, 3.05) is 57.6 Å². The van der Waals surface area contributed by atoms with Gasteiger partial charge in [0.1, 0.15) is 23.7 Å². The van der Waals surface area contributed by atoms with Crippen molar-refractivity contribution in [2.24, 2.45) is 5.92 Å². The summed E-state index contributed by atoms with van der Waals surface area (Å²) in [5.41, 5.74) is 1.38. The largest absolute Gasteiger partial charge is 0.491 e. The van der Waals surface area contributed by atoms with Crippen molar-refractivity contribution in [1.82, 2.24) is 20.2 Å². The van der Waals surface area contributed by atoms with E-state index in [0.717, 1.165) is 25.0 Å². The molecule has 15 heteroatoms. The minimum Gasteiger partial charge on any atom is -0.491 e. The number of fused-ring (bicyclic) bond motifs is 1. The summed E-state index contributed by atoms with van der Waals surface area (Å²) in [6.07, 6.45) is 6.11. The van der Waals surface area contributed by atoms with Crippen LogP contribution in [0.1, 0.15) is 19.3 Å². The fraction of sp³-hybridized carbons (Fsp3) is 0.355. The number of ether oxygens (including phenoxy) is 3. The van der Waals surface area contributed by atoms with Gasteiger partial charge in [-0.25, -0.2) is 14.4 Å². The zero-order chi connectivity index (χ0) is 33.1. The van der Waals surface area contributed by atoms with E-state index in [-0.39, 0.29) is 24.7 Å². The average molecular weight is 657 g/mol. The average Bonchev–Trinajstić information content (AvgIpc) is 3.87. The second-order valence-corrected chi connectivity index (χ2v) is 10.8. The van der Waals surface area contributed by atoms with Gasteiger partial charge in [-0.05, 0) is 49.4 Å². The molecule has 1 heterocycles. The van der Waals surface area contributed by atoms with Crippen LogP contribution >= 0.6 is 11.6 Å². The number of anilines is 3. The Bertz CT molecular complexity index is 1600. The Labute approximate surface area is 269 Å². The van der Waals surface area contributed by atoms with Gasteiger partial charge < -0.3 is 30.2 Å². The molecule has 1 aliphatic rings. The second-order valence-electron chi connectivity index (χ2n) is 10.4. The third-order valence-electron chi connectivity index (χ3n) is 6.85. The zero-order valence-corrected chi connectivity index (χ0v) is 26.1. The molecule has 2 amide bonds. The van der Waals surface area contributed by atoms with Crippen molar-refractivity contribution in [3.63, 3.8) is 0 Å². The van der Waals surface area contributed by atoms with Crippen LogP contribution in [0.4, 0.5) is 21.6 Å². The predicted molar refractivity (Wildman–Crippen MR) is 168 cm³/mol. The van der Waals surface area contributed by atoms with Gasteiger partial charge in [-0.1, -0.05) is 11.6 Å². The molecule has 1 saturated carbocycles. The minimum atomic E-state index is -0.579. The molecular formula is C31H34ClFN6O7. The first-order valence-electron chi connectivity index (χ1n) is 14.4. The molecule has 244 valence electrons. The van der Waals surface area contributed by atoms with E-state index in [2.05, 4.69) is 35.4 Å². The molecule has 1 aromatic heterocycles. The summed E-state index contributed by atoms with van der Waals surface area (Å²) in [5, 5.41) is 9.01. The van der Waals surface area contributed by atoms with Crippen LogP contribution in [-0.4, -0.2) is 85.6 Å². The smallest absolute Gasteiger partial charge is 0.319 e. The van der Waals surface area contributed by atoms with Crippen molar-refractivity contribution < 1.29 is 37.8 Å². The number of carbonyl (C=O) groups excluding carboxylic acids is 4. The number of nitrogens with zero attached hydrogens (tertiary/aromatic N) is 3. The summed E-state index contributed by atoms with van der Waals surface area (Å²) in [6.45, 7) is 0.807. The van der Waals surface area contributed by atoms with Gasteiger partial charge >= 0.3 is 11.9 Å². The molecule has 0 spiro atoms. The van der Waals surface area contributed by atoms with Gasteiger partial charge in [0.05, 0.1) is 50.1 Å². The first-order chi connectivity index (χ1) is 22.1. The lowest BCUT2D eigenvalue weighted by molar-refractivity contribution is -0.145. The number of aromatic nitrogens is 2. The molecule has 3 N–H and O–H groups in total. The Hall–Kier alpha value is -4.82. The third-order valence-corrected chi connectivity index (χ3v) is 7.14. The molecule has 1 fully saturated rings. The number of rotatable bonds is 16. The van der Waals surface area contributed by atoms with Gasteiger partial charge in [0.2, 0.25) is 11.8 Å². The van der Waals surface area contributed by atoms with Crippen LogP contribution in [-0.2, 0) is 28.7 Å². The molecule has 0 bridgehead atoms. The van der Waals surface area contributed by atoms with Gasteiger partial charge in [-0.2, -0.15) is 0 Å². The molecular weight excluding hydrogens is 623 g/mol. The number of esters is 2. The predicted octanol–water partition coefficient (Wildman–Crippen LogP) is 3.60. The molecule has 0 unspecified atom stereocenters. The lowest BCUT2D eigenvalue weighted by Gasteiger charge is -2.19. The van der Waals surface area contributed by atoms with Gasteiger partial charge in [0.15, 0.2) is 0 Å². The van der Waals surface area contributed by atoms with Gasteiger partial charge in [-0.15, -0.1) is 0 Å². The number of benzene rings is 2. The highest BCUT2D eigenvalue weighted by atomic mass is 35.5. The molecule has 0 atom stereocenters. The maximum atomic E-state index is 13.7. The van der Waals surface area contributed by atoms with Crippen molar-refractivity contribution in [3.05, 3.63) is 59.7 Å². The normalized spacial score (nSPS) is 12.6. The third kappa shape index (κ3) is 10.4. The maximum Gasteiger partial charge on any atom is 0.319 e. The Balaban J connectivity index is 1.40. The minimum absolute atomic E-state index is 0.0537.